The van der Waals surface area contributed by atoms with Gasteiger partial charge in [0.1, 0.15) is 0 Å². The van der Waals surface area contributed by atoms with Crippen molar-refractivity contribution in [1.29, 1.82) is 0 Å². The third kappa shape index (κ3) is 6.59. The van der Waals surface area contributed by atoms with Crippen LogP contribution in [0.3, 0.4) is 0 Å². The second kappa shape index (κ2) is 10.9. The minimum atomic E-state index is 1.25. The van der Waals surface area contributed by atoms with Crippen molar-refractivity contribution in [2.45, 2.75) is 90.9 Å². The lowest BCUT2D eigenvalue weighted by Crippen LogP contribution is -1.90. The Bertz CT molecular complexity index is 314. The summed E-state index contributed by atoms with van der Waals surface area (Å²) >= 11 is 0. The van der Waals surface area contributed by atoms with Gasteiger partial charge in [-0.1, -0.05) is 83.9 Å². The van der Waals surface area contributed by atoms with E-state index in [0.717, 1.165) is 0 Å². The first-order valence-corrected chi connectivity index (χ1v) is 8.89. The Morgan fingerprint density at radius 1 is 0.700 bits per heavy atom. The number of unbranched alkanes of at least 4 members (excludes halogenated alkanes) is 8. The maximum Gasteiger partial charge on any atom is -0.0270 e. The van der Waals surface area contributed by atoms with Crippen LogP contribution in [0, 0.1) is 0 Å². The highest BCUT2D eigenvalue weighted by molar-refractivity contribution is 5.52. The molecule has 0 aliphatic heterocycles. The molecule has 0 saturated carbocycles. The van der Waals surface area contributed by atoms with Gasteiger partial charge in [0, 0.05) is 0 Å². The smallest absolute Gasteiger partial charge is 0.0270 e. The van der Waals surface area contributed by atoms with E-state index in [4.69, 9.17) is 0 Å². The zero-order valence-corrected chi connectivity index (χ0v) is 13.8. The third-order valence-corrected chi connectivity index (χ3v) is 4.34. The first-order chi connectivity index (χ1) is 9.79. The van der Waals surface area contributed by atoms with Gasteiger partial charge in [0.15, 0.2) is 0 Å². The van der Waals surface area contributed by atoms with Crippen molar-refractivity contribution in [3.05, 3.63) is 35.5 Å². The molecule has 1 rings (SSSR count). The number of allylic oxidation sites excluding steroid dienone is 5. The number of hydrogen-bond acceptors (Lipinski definition) is 0. The van der Waals surface area contributed by atoms with Crippen molar-refractivity contribution < 1.29 is 0 Å². The zero-order valence-electron chi connectivity index (χ0n) is 13.8. The average Bonchev–Trinajstić information content (AvgIpc) is 2.79. The molecule has 0 amide bonds. The molecule has 20 heavy (non-hydrogen) atoms. The summed E-state index contributed by atoms with van der Waals surface area (Å²) in [5, 5.41) is 0. The van der Waals surface area contributed by atoms with Gasteiger partial charge >= 0.3 is 0 Å². The van der Waals surface area contributed by atoms with Crippen LogP contribution in [0.1, 0.15) is 90.9 Å². The fourth-order valence-electron chi connectivity index (χ4n) is 2.99. The zero-order chi connectivity index (χ0) is 14.6. The topological polar surface area (TPSA) is 0 Å². The Balaban J connectivity index is 2.27. The van der Waals surface area contributed by atoms with Crippen molar-refractivity contribution in [1.82, 2.24) is 0 Å². The lowest BCUT2D eigenvalue weighted by atomic mass is 9.96. The molecule has 0 radical (unpaired) electrons. The molecule has 0 N–H and O–H groups in total. The van der Waals surface area contributed by atoms with Gasteiger partial charge in [-0.15, -0.1) is 0 Å². The highest BCUT2D eigenvalue weighted by Crippen LogP contribution is 2.31. The molecular weight excluding hydrogens is 240 g/mol. The quantitative estimate of drug-likeness (QED) is 0.332. The number of hydrogen-bond donors (Lipinski definition) is 0. The van der Waals surface area contributed by atoms with Gasteiger partial charge in [-0.3, -0.25) is 0 Å². The fraction of sp³-hybridized carbons (Fsp3) is 0.700. The van der Waals surface area contributed by atoms with Crippen LogP contribution >= 0.6 is 0 Å². The van der Waals surface area contributed by atoms with Crippen molar-refractivity contribution in [2.24, 2.45) is 0 Å². The van der Waals surface area contributed by atoms with Crippen LogP contribution in [0.5, 0.6) is 0 Å². The van der Waals surface area contributed by atoms with E-state index >= 15 is 0 Å². The monoisotopic (exact) mass is 274 g/mol. The molecule has 0 unspecified atom stereocenters. The standard InChI is InChI=1S/C20H34/c1-4-6-8-10-12-14-19-17-16-18(3)20(19)15-13-11-9-7-5-2/h16-17H,3-15H2,1-2H3. The van der Waals surface area contributed by atoms with Crippen molar-refractivity contribution >= 4 is 0 Å². The predicted molar refractivity (Wildman–Crippen MR) is 92.1 cm³/mol. The maximum atomic E-state index is 4.21. The fourth-order valence-corrected chi connectivity index (χ4v) is 2.99. The van der Waals surface area contributed by atoms with Crippen LogP contribution in [0.4, 0.5) is 0 Å². The van der Waals surface area contributed by atoms with E-state index in [-0.39, 0.29) is 0 Å². The molecule has 114 valence electrons. The SMILES string of the molecule is C=C1C=CC(CCCCCCC)=C1CCCCCCC. The maximum absolute atomic E-state index is 4.21. The number of rotatable bonds is 12. The summed E-state index contributed by atoms with van der Waals surface area (Å²) in [7, 11) is 0. The summed E-state index contributed by atoms with van der Waals surface area (Å²) in [6, 6.07) is 0. The van der Waals surface area contributed by atoms with E-state index in [1.54, 1.807) is 11.1 Å². The third-order valence-electron chi connectivity index (χ3n) is 4.34. The van der Waals surface area contributed by atoms with Crippen molar-refractivity contribution in [3.63, 3.8) is 0 Å². The molecule has 0 bridgehead atoms. The summed E-state index contributed by atoms with van der Waals surface area (Å²) in [6.07, 6.45) is 20.8. The first kappa shape index (κ1) is 17.3. The van der Waals surface area contributed by atoms with Crippen molar-refractivity contribution in [2.75, 3.05) is 0 Å². The molecule has 0 atom stereocenters. The molecule has 0 aromatic rings. The van der Waals surface area contributed by atoms with E-state index in [1.165, 1.54) is 82.6 Å². The Labute approximate surface area is 127 Å². The minimum Gasteiger partial charge on any atom is -0.0915 e. The molecule has 0 aromatic heterocycles. The average molecular weight is 274 g/mol. The normalized spacial score (nSPS) is 14.6. The van der Waals surface area contributed by atoms with Gasteiger partial charge in [0.05, 0.1) is 0 Å². The first-order valence-electron chi connectivity index (χ1n) is 8.89. The Kier molecular flexibility index (Phi) is 9.45. The highest BCUT2D eigenvalue weighted by atomic mass is 14.2. The van der Waals surface area contributed by atoms with Crippen LogP contribution in [0.15, 0.2) is 35.5 Å². The van der Waals surface area contributed by atoms with Gasteiger partial charge in [-0.05, 0) is 42.4 Å². The van der Waals surface area contributed by atoms with E-state index < -0.39 is 0 Å². The van der Waals surface area contributed by atoms with Crippen LogP contribution in [-0.4, -0.2) is 0 Å². The van der Waals surface area contributed by atoms with E-state index in [2.05, 4.69) is 32.6 Å². The van der Waals surface area contributed by atoms with E-state index in [0.29, 0.717) is 0 Å². The summed E-state index contributed by atoms with van der Waals surface area (Å²) in [5.74, 6) is 0. The van der Waals surface area contributed by atoms with Gasteiger partial charge in [0.25, 0.3) is 0 Å². The predicted octanol–water partition coefficient (Wildman–Crippen LogP) is 7.13. The van der Waals surface area contributed by atoms with Gasteiger partial charge in [0.2, 0.25) is 0 Å². The Morgan fingerprint density at radius 2 is 1.25 bits per heavy atom. The molecule has 0 spiro atoms. The Hall–Kier alpha value is -0.780. The van der Waals surface area contributed by atoms with Crippen LogP contribution in [0.2, 0.25) is 0 Å². The lowest BCUT2D eigenvalue weighted by molar-refractivity contribution is 0.623. The van der Waals surface area contributed by atoms with Crippen LogP contribution in [0.25, 0.3) is 0 Å². The van der Waals surface area contributed by atoms with Gasteiger partial charge < -0.3 is 0 Å². The summed E-state index contributed by atoms with van der Waals surface area (Å²) in [6.45, 7) is 8.77. The molecule has 1 aliphatic carbocycles. The lowest BCUT2D eigenvalue weighted by Gasteiger charge is -2.09. The van der Waals surface area contributed by atoms with Gasteiger partial charge in [-0.2, -0.15) is 0 Å². The van der Waals surface area contributed by atoms with Crippen LogP contribution in [-0.2, 0) is 0 Å². The molecule has 0 saturated heterocycles. The van der Waals surface area contributed by atoms with Gasteiger partial charge in [-0.25, -0.2) is 0 Å². The van der Waals surface area contributed by atoms with E-state index in [1.807, 2.05) is 0 Å². The minimum absolute atomic E-state index is 1.25. The molecule has 0 fully saturated rings. The summed E-state index contributed by atoms with van der Waals surface area (Å²) < 4.78 is 0. The molecule has 0 nitrogen and oxygen atoms in total. The Morgan fingerprint density at radius 3 is 1.85 bits per heavy atom. The van der Waals surface area contributed by atoms with E-state index in [9.17, 15) is 0 Å². The molecule has 0 aromatic carbocycles. The molecule has 0 heteroatoms. The second-order valence-electron chi connectivity index (χ2n) is 6.19. The van der Waals surface area contributed by atoms with Crippen molar-refractivity contribution in [3.8, 4) is 0 Å². The largest absolute Gasteiger partial charge is 0.0915 e. The molecule has 0 heterocycles. The summed E-state index contributed by atoms with van der Waals surface area (Å²) in [5.41, 5.74) is 4.43. The molecule has 1 aliphatic rings. The van der Waals surface area contributed by atoms with Crippen LogP contribution < -0.4 is 0 Å². The molecular formula is C20H34. The second-order valence-corrected chi connectivity index (χ2v) is 6.19. The summed E-state index contributed by atoms with van der Waals surface area (Å²) in [4.78, 5) is 0. The highest BCUT2D eigenvalue weighted by Gasteiger charge is 2.12.